The van der Waals surface area contributed by atoms with Crippen molar-refractivity contribution < 1.29 is 5.11 Å². The first kappa shape index (κ1) is 13.2. The molecule has 96 valence electrons. The van der Waals surface area contributed by atoms with Gasteiger partial charge in [0.1, 0.15) is 5.82 Å². The zero-order valence-electron chi connectivity index (χ0n) is 10.5. The molecule has 1 N–H and O–H groups in total. The van der Waals surface area contributed by atoms with E-state index in [1.54, 1.807) is 0 Å². The van der Waals surface area contributed by atoms with Gasteiger partial charge in [0, 0.05) is 17.3 Å². The minimum absolute atomic E-state index is 0.0269. The van der Waals surface area contributed by atoms with E-state index in [1.807, 2.05) is 29.8 Å². The average molecular weight is 310 g/mol. The third-order valence-corrected chi connectivity index (χ3v) is 3.54. The lowest BCUT2D eigenvalue weighted by Crippen LogP contribution is -2.02. The number of halogens is 1. The van der Waals surface area contributed by atoms with E-state index in [0.29, 0.717) is 0 Å². The summed E-state index contributed by atoms with van der Waals surface area (Å²) in [6.07, 6.45) is 1.67. The van der Waals surface area contributed by atoms with Crippen LogP contribution in [-0.2, 0) is 19.4 Å². The summed E-state index contributed by atoms with van der Waals surface area (Å²) in [4.78, 5) is 4.48. The van der Waals surface area contributed by atoms with Crippen molar-refractivity contribution in [1.29, 1.82) is 0 Å². The van der Waals surface area contributed by atoms with Crippen LogP contribution >= 0.6 is 15.9 Å². The van der Waals surface area contributed by atoms with Gasteiger partial charge in [-0.3, -0.25) is 0 Å². The Morgan fingerprint density at radius 1 is 1.28 bits per heavy atom. The van der Waals surface area contributed by atoms with Crippen LogP contribution in [0.15, 0.2) is 22.7 Å². The summed E-state index contributed by atoms with van der Waals surface area (Å²) in [5.41, 5.74) is 1.83. The fraction of sp³-hybridized carbons (Fsp3) is 0.385. The van der Waals surface area contributed by atoms with Gasteiger partial charge in [-0.25, -0.2) is 9.67 Å². The Hall–Kier alpha value is -1.20. The van der Waals surface area contributed by atoms with Crippen LogP contribution in [0.3, 0.4) is 0 Å². The lowest BCUT2D eigenvalue weighted by atomic mass is 10.2. The van der Waals surface area contributed by atoms with Crippen LogP contribution in [-0.4, -0.2) is 19.9 Å². The topological polar surface area (TPSA) is 50.9 Å². The molecule has 0 amide bonds. The molecule has 4 nitrogen and oxygen atoms in total. The van der Waals surface area contributed by atoms with Crippen molar-refractivity contribution >= 4 is 15.9 Å². The zero-order valence-corrected chi connectivity index (χ0v) is 12.1. The first-order chi connectivity index (χ1) is 8.69. The van der Waals surface area contributed by atoms with Gasteiger partial charge in [0.2, 0.25) is 0 Å². The van der Waals surface area contributed by atoms with Gasteiger partial charge in [0.15, 0.2) is 5.82 Å². The van der Waals surface area contributed by atoms with Crippen LogP contribution in [0.25, 0.3) is 5.69 Å². The quantitative estimate of drug-likeness (QED) is 0.944. The number of aliphatic hydroxyl groups excluding tert-OH is 1. The fourth-order valence-electron chi connectivity index (χ4n) is 1.77. The maximum Gasteiger partial charge on any atom is 0.151 e. The summed E-state index contributed by atoms with van der Waals surface area (Å²) in [7, 11) is 0. The summed E-state index contributed by atoms with van der Waals surface area (Å²) >= 11 is 3.45. The highest BCUT2D eigenvalue weighted by atomic mass is 79.9. The summed E-state index contributed by atoms with van der Waals surface area (Å²) in [6.45, 7) is 4.14. The first-order valence-corrected chi connectivity index (χ1v) is 6.83. The predicted molar refractivity (Wildman–Crippen MR) is 73.7 cm³/mol. The molecule has 18 heavy (non-hydrogen) atoms. The van der Waals surface area contributed by atoms with Crippen LogP contribution in [0.4, 0.5) is 0 Å². The minimum Gasteiger partial charge on any atom is -0.392 e. The van der Waals surface area contributed by atoms with Crippen LogP contribution < -0.4 is 0 Å². The number of hydrogen-bond acceptors (Lipinski definition) is 3. The molecular formula is C13H16BrN3O. The summed E-state index contributed by atoms with van der Waals surface area (Å²) < 4.78 is 2.75. The second-order valence-electron chi connectivity index (χ2n) is 4.00. The van der Waals surface area contributed by atoms with Gasteiger partial charge in [-0.15, -0.1) is 0 Å². The highest BCUT2D eigenvalue weighted by molar-refractivity contribution is 9.10. The maximum atomic E-state index is 9.16. The number of aromatic nitrogens is 3. The molecule has 0 saturated carbocycles. The van der Waals surface area contributed by atoms with Gasteiger partial charge in [0.05, 0.1) is 12.3 Å². The molecule has 5 heteroatoms. The Bertz CT molecular complexity index is 551. The van der Waals surface area contributed by atoms with Crippen LogP contribution in [0.2, 0.25) is 0 Å². The summed E-state index contributed by atoms with van der Waals surface area (Å²) in [5, 5.41) is 13.6. The van der Waals surface area contributed by atoms with E-state index in [2.05, 4.69) is 32.9 Å². The van der Waals surface area contributed by atoms with E-state index in [4.69, 9.17) is 5.11 Å². The molecule has 1 aromatic carbocycles. The second-order valence-corrected chi connectivity index (χ2v) is 4.85. The Kier molecular flexibility index (Phi) is 4.14. The van der Waals surface area contributed by atoms with Crippen molar-refractivity contribution in [2.45, 2.75) is 33.3 Å². The third-order valence-electron chi connectivity index (χ3n) is 2.80. The van der Waals surface area contributed by atoms with Crippen LogP contribution in [0.5, 0.6) is 0 Å². The van der Waals surface area contributed by atoms with Crippen molar-refractivity contribution in [2.24, 2.45) is 0 Å². The molecule has 0 aliphatic rings. The molecule has 0 aliphatic heterocycles. The average Bonchev–Trinajstić information content (AvgIpc) is 2.82. The van der Waals surface area contributed by atoms with Gasteiger partial charge in [-0.05, 0) is 17.7 Å². The number of nitrogens with zero attached hydrogens (tertiary/aromatic N) is 3. The number of benzene rings is 1. The van der Waals surface area contributed by atoms with Gasteiger partial charge >= 0.3 is 0 Å². The summed E-state index contributed by atoms with van der Waals surface area (Å²) in [6, 6.07) is 5.80. The number of aryl methyl sites for hydroxylation is 2. The number of rotatable bonds is 4. The normalized spacial score (nSPS) is 10.9. The summed E-state index contributed by atoms with van der Waals surface area (Å²) in [5.74, 6) is 1.81. The third kappa shape index (κ3) is 2.47. The van der Waals surface area contributed by atoms with E-state index in [0.717, 1.165) is 40.2 Å². The van der Waals surface area contributed by atoms with Crippen molar-refractivity contribution in [2.75, 3.05) is 0 Å². The molecule has 0 unspecified atom stereocenters. The van der Waals surface area contributed by atoms with Gasteiger partial charge < -0.3 is 5.11 Å². The Balaban J connectivity index is 2.47. The van der Waals surface area contributed by atoms with E-state index in [9.17, 15) is 0 Å². The maximum absolute atomic E-state index is 9.16. The zero-order chi connectivity index (χ0) is 13.1. The van der Waals surface area contributed by atoms with Gasteiger partial charge in [-0.1, -0.05) is 35.8 Å². The molecule has 2 rings (SSSR count). The van der Waals surface area contributed by atoms with Gasteiger partial charge in [0.25, 0.3) is 0 Å². The molecule has 0 saturated heterocycles. The highest BCUT2D eigenvalue weighted by Gasteiger charge is 2.10. The SMILES string of the molecule is CCc1nc(CC)n(-c2ccc(CO)c(Br)c2)n1. The fourth-order valence-corrected chi connectivity index (χ4v) is 2.27. The van der Waals surface area contributed by atoms with E-state index in [-0.39, 0.29) is 6.61 Å². The van der Waals surface area contributed by atoms with Crippen molar-refractivity contribution in [1.82, 2.24) is 14.8 Å². The molecule has 0 fully saturated rings. The molecule has 0 radical (unpaired) electrons. The first-order valence-electron chi connectivity index (χ1n) is 6.04. The van der Waals surface area contributed by atoms with Crippen LogP contribution in [0, 0.1) is 0 Å². The minimum atomic E-state index is 0.0269. The Morgan fingerprint density at radius 2 is 2.06 bits per heavy atom. The molecule has 2 aromatic rings. The van der Waals surface area contributed by atoms with Gasteiger partial charge in [-0.2, -0.15) is 5.10 Å². The lowest BCUT2D eigenvalue weighted by Gasteiger charge is -2.07. The predicted octanol–water partition coefficient (Wildman–Crippen LogP) is 2.65. The van der Waals surface area contributed by atoms with Crippen LogP contribution in [0.1, 0.15) is 31.1 Å². The molecule has 0 aliphatic carbocycles. The standard InChI is InChI=1S/C13H16BrN3O/c1-3-12-15-13(4-2)17(16-12)10-6-5-9(8-18)11(14)7-10/h5-7,18H,3-4,8H2,1-2H3. The van der Waals surface area contributed by atoms with Crippen molar-refractivity contribution in [3.05, 3.63) is 39.9 Å². The molecule has 1 heterocycles. The second kappa shape index (κ2) is 5.63. The Morgan fingerprint density at radius 3 is 2.61 bits per heavy atom. The van der Waals surface area contributed by atoms with E-state index in [1.165, 1.54) is 0 Å². The van der Waals surface area contributed by atoms with Crippen molar-refractivity contribution in [3.8, 4) is 5.69 Å². The monoisotopic (exact) mass is 309 g/mol. The molecule has 0 spiro atoms. The number of hydrogen-bond donors (Lipinski definition) is 1. The molecule has 0 atom stereocenters. The lowest BCUT2D eigenvalue weighted by molar-refractivity contribution is 0.281. The smallest absolute Gasteiger partial charge is 0.151 e. The van der Waals surface area contributed by atoms with E-state index < -0.39 is 0 Å². The van der Waals surface area contributed by atoms with E-state index >= 15 is 0 Å². The Labute approximate surface area is 115 Å². The number of aliphatic hydroxyl groups is 1. The molecule has 1 aromatic heterocycles. The highest BCUT2D eigenvalue weighted by Crippen LogP contribution is 2.21. The van der Waals surface area contributed by atoms with Crippen molar-refractivity contribution in [3.63, 3.8) is 0 Å². The molecular weight excluding hydrogens is 294 g/mol. The molecule has 0 bridgehead atoms. The largest absolute Gasteiger partial charge is 0.392 e.